The van der Waals surface area contributed by atoms with Crippen molar-refractivity contribution in [2.75, 3.05) is 6.54 Å². The Bertz CT molecular complexity index is 323. The van der Waals surface area contributed by atoms with Gasteiger partial charge in [-0.15, -0.1) is 0 Å². The molecule has 1 fully saturated rings. The zero-order valence-corrected chi connectivity index (χ0v) is 9.10. The minimum atomic E-state index is 0.376. The monoisotopic (exact) mass is 203 g/mol. The first-order valence-electron chi connectivity index (χ1n) is 5.57. The van der Waals surface area contributed by atoms with Gasteiger partial charge < -0.3 is 4.90 Å². The number of nitrogens with zero attached hydrogens (tertiary/aromatic N) is 1. The molecule has 2 atom stereocenters. The molecule has 2 heteroatoms. The molecule has 0 N–H and O–H groups in total. The zero-order valence-electron chi connectivity index (χ0n) is 9.10. The summed E-state index contributed by atoms with van der Waals surface area (Å²) in [6, 6.07) is 11.0. The second kappa shape index (κ2) is 4.47. The molecular weight excluding hydrogens is 186 g/mol. The summed E-state index contributed by atoms with van der Waals surface area (Å²) in [4.78, 5) is 12.6. The number of carbonyl (C=O) groups excluding carboxylic acids is 1. The third-order valence-electron chi connectivity index (χ3n) is 3.33. The molecule has 1 aliphatic rings. The molecule has 0 saturated carbocycles. The molecule has 2 rings (SSSR count). The van der Waals surface area contributed by atoms with Gasteiger partial charge in [0.15, 0.2) is 0 Å². The standard InChI is InChI=1S/C13H17NO/c1-11-9-13(7-8-14(11)10-15)12-5-3-2-4-6-12/h2-6,10-11,13H,7-9H2,1H3. The van der Waals surface area contributed by atoms with Crippen molar-refractivity contribution < 1.29 is 4.79 Å². The van der Waals surface area contributed by atoms with Crippen LogP contribution in [0.3, 0.4) is 0 Å². The predicted molar refractivity (Wildman–Crippen MR) is 60.6 cm³/mol. The molecule has 80 valence electrons. The van der Waals surface area contributed by atoms with E-state index in [1.807, 2.05) is 11.0 Å². The minimum absolute atomic E-state index is 0.376. The smallest absolute Gasteiger partial charge is 0.209 e. The molecule has 0 aromatic heterocycles. The van der Waals surface area contributed by atoms with E-state index in [1.54, 1.807) is 0 Å². The number of likely N-dealkylation sites (tertiary alicyclic amines) is 1. The molecule has 1 amide bonds. The molecule has 1 aromatic rings. The average Bonchev–Trinajstić information content (AvgIpc) is 2.30. The lowest BCUT2D eigenvalue weighted by Gasteiger charge is -2.35. The molecule has 0 bridgehead atoms. The summed E-state index contributed by atoms with van der Waals surface area (Å²) in [5.41, 5.74) is 1.41. The molecule has 0 spiro atoms. The van der Waals surface area contributed by atoms with E-state index in [0.717, 1.165) is 25.8 Å². The van der Waals surface area contributed by atoms with Crippen LogP contribution in [0.1, 0.15) is 31.2 Å². The van der Waals surface area contributed by atoms with Gasteiger partial charge in [-0.2, -0.15) is 0 Å². The van der Waals surface area contributed by atoms with Gasteiger partial charge in [0.25, 0.3) is 0 Å². The van der Waals surface area contributed by atoms with Crippen LogP contribution in [-0.2, 0) is 4.79 Å². The van der Waals surface area contributed by atoms with Crippen LogP contribution in [0.4, 0.5) is 0 Å². The lowest BCUT2D eigenvalue weighted by Crippen LogP contribution is -2.38. The second-order valence-corrected chi connectivity index (χ2v) is 4.32. The van der Waals surface area contributed by atoms with Crippen LogP contribution < -0.4 is 0 Å². The van der Waals surface area contributed by atoms with Crippen LogP contribution in [0, 0.1) is 0 Å². The topological polar surface area (TPSA) is 20.3 Å². The first-order chi connectivity index (χ1) is 7.31. The van der Waals surface area contributed by atoms with Crippen LogP contribution in [-0.4, -0.2) is 23.9 Å². The number of rotatable bonds is 2. The lowest BCUT2D eigenvalue weighted by molar-refractivity contribution is -0.121. The average molecular weight is 203 g/mol. The summed E-state index contributed by atoms with van der Waals surface area (Å²) in [6.45, 7) is 3.02. The van der Waals surface area contributed by atoms with E-state index in [4.69, 9.17) is 0 Å². The maximum absolute atomic E-state index is 10.7. The SMILES string of the molecule is CC1CC(c2ccccc2)CCN1C=O. The van der Waals surface area contributed by atoms with E-state index in [2.05, 4.69) is 31.2 Å². The number of hydrogen-bond acceptors (Lipinski definition) is 1. The van der Waals surface area contributed by atoms with Gasteiger partial charge in [-0.1, -0.05) is 30.3 Å². The maximum atomic E-state index is 10.7. The fraction of sp³-hybridized carbons (Fsp3) is 0.462. The molecule has 1 saturated heterocycles. The lowest BCUT2D eigenvalue weighted by atomic mass is 9.86. The van der Waals surface area contributed by atoms with E-state index >= 15 is 0 Å². The highest BCUT2D eigenvalue weighted by atomic mass is 16.1. The second-order valence-electron chi connectivity index (χ2n) is 4.32. The van der Waals surface area contributed by atoms with Crippen LogP contribution in [0.2, 0.25) is 0 Å². The highest BCUT2D eigenvalue weighted by Crippen LogP contribution is 2.30. The molecule has 1 aliphatic heterocycles. The van der Waals surface area contributed by atoms with Crippen molar-refractivity contribution in [2.24, 2.45) is 0 Å². The van der Waals surface area contributed by atoms with Crippen LogP contribution in [0.25, 0.3) is 0 Å². The summed E-state index contributed by atoms with van der Waals surface area (Å²) in [6.07, 6.45) is 3.15. The quantitative estimate of drug-likeness (QED) is 0.676. The number of carbonyl (C=O) groups is 1. The third kappa shape index (κ3) is 2.20. The first kappa shape index (κ1) is 10.2. The number of benzene rings is 1. The van der Waals surface area contributed by atoms with Gasteiger partial charge in [0.05, 0.1) is 0 Å². The van der Waals surface area contributed by atoms with Gasteiger partial charge in [0, 0.05) is 12.6 Å². The summed E-state index contributed by atoms with van der Waals surface area (Å²) in [7, 11) is 0. The van der Waals surface area contributed by atoms with Gasteiger partial charge in [-0.3, -0.25) is 4.79 Å². The molecule has 0 radical (unpaired) electrons. The van der Waals surface area contributed by atoms with Gasteiger partial charge >= 0.3 is 0 Å². The molecule has 1 heterocycles. The Kier molecular flexibility index (Phi) is 3.05. The van der Waals surface area contributed by atoms with Gasteiger partial charge in [-0.25, -0.2) is 0 Å². The number of piperidine rings is 1. The summed E-state index contributed by atoms with van der Waals surface area (Å²) >= 11 is 0. The molecule has 2 unspecified atom stereocenters. The van der Waals surface area contributed by atoms with E-state index in [9.17, 15) is 4.79 Å². The molecule has 2 nitrogen and oxygen atoms in total. The minimum Gasteiger partial charge on any atom is -0.343 e. The zero-order chi connectivity index (χ0) is 10.7. The van der Waals surface area contributed by atoms with Crippen molar-refractivity contribution in [3.63, 3.8) is 0 Å². The Balaban J connectivity index is 2.06. The Labute approximate surface area is 90.9 Å². The predicted octanol–water partition coefficient (Wildman–Crippen LogP) is 2.41. The van der Waals surface area contributed by atoms with Crippen LogP contribution >= 0.6 is 0 Å². The van der Waals surface area contributed by atoms with Gasteiger partial charge in [0.1, 0.15) is 0 Å². The van der Waals surface area contributed by atoms with E-state index in [0.29, 0.717) is 12.0 Å². The Hall–Kier alpha value is -1.31. The molecule has 15 heavy (non-hydrogen) atoms. The highest BCUT2D eigenvalue weighted by molar-refractivity contribution is 5.48. The van der Waals surface area contributed by atoms with E-state index in [-0.39, 0.29) is 0 Å². The van der Waals surface area contributed by atoms with Crippen molar-refractivity contribution in [2.45, 2.75) is 31.7 Å². The van der Waals surface area contributed by atoms with Crippen molar-refractivity contribution in [1.29, 1.82) is 0 Å². The first-order valence-corrected chi connectivity index (χ1v) is 5.57. The largest absolute Gasteiger partial charge is 0.343 e. The van der Waals surface area contributed by atoms with Crippen molar-refractivity contribution in [3.8, 4) is 0 Å². The van der Waals surface area contributed by atoms with Crippen molar-refractivity contribution in [3.05, 3.63) is 35.9 Å². The molecular formula is C13H17NO. The van der Waals surface area contributed by atoms with E-state index in [1.165, 1.54) is 5.56 Å². The van der Waals surface area contributed by atoms with Crippen LogP contribution in [0.15, 0.2) is 30.3 Å². The fourth-order valence-corrected chi connectivity index (χ4v) is 2.37. The Morgan fingerprint density at radius 3 is 2.67 bits per heavy atom. The van der Waals surface area contributed by atoms with E-state index < -0.39 is 0 Å². The van der Waals surface area contributed by atoms with Crippen LogP contribution in [0.5, 0.6) is 0 Å². The fourth-order valence-electron chi connectivity index (χ4n) is 2.37. The normalized spacial score (nSPS) is 26.3. The Morgan fingerprint density at radius 1 is 1.33 bits per heavy atom. The summed E-state index contributed by atoms with van der Waals surface area (Å²) in [5.74, 6) is 0.623. The van der Waals surface area contributed by atoms with Gasteiger partial charge in [0.2, 0.25) is 6.41 Å². The number of amides is 1. The maximum Gasteiger partial charge on any atom is 0.209 e. The summed E-state index contributed by atoms with van der Waals surface area (Å²) < 4.78 is 0. The van der Waals surface area contributed by atoms with Gasteiger partial charge in [-0.05, 0) is 31.2 Å². The number of hydrogen-bond donors (Lipinski definition) is 0. The third-order valence-corrected chi connectivity index (χ3v) is 3.33. The van der Waals surface area contributed by atoms with Crippen molar-refractivity contribution >= 4 is 6.41 Å². The Morgan fingerprint density at radius 2 is 2.07 bits per heavy atom. The molecule has 0 aliphatic carbocycles. The highest BCUT2D eigenvalue weighted by Gasteiger charge is 2.24. The molecule has 1 aromatic carbocycles. The summed E-state index contributed by atoms with van der Waals surface area (Å²) in [5, 5.41) is 0. The van der Waals surface area contributed by atoms with Crippen molar-refractivity contribution in [1.82, 2.24) is 4.90 Å².